The molecule has 1 aliphatic rings. The van der Waals surface area contributed by atoms with E-state index < -0.39 is 0 Å². The molecule has 0 aromatic heterocycles. The number of carbonyl (C=O) groups excluding carboxylic acids is 2. The first kappa shape index (κ1) is 15.6. The second-order valence-electron chi connectivity index (χ2n) is 5.15. The number of nitrogens with one attached hydrogen (secondary N) is 2. The summed E-state index contributed by atoms with van der Waals surface area (Å²) in [7, 11) is 0. The number of hydrogen-bond donors (Lipinski definition) is 2. The van der Waals surface area contributed by atoms with Gasteiger partial charge in [0.1, 0.15) is 0 Å². The van der Waals surface area contributed by atoms with E-state index in [0.29, 0.717) is 24.5 Å². The summed E-state index contributed by atoms with van der Waals surface area (Å²) in [6.45, 7) is 4.53. The summed E-state index contributed by atoms with van der Waals surface area (Å²) < 4.78 is 0. The maximum atomic E-state index is 11.9. The average molecular weight is 307 g/mol. The van der Waals surface area contributed by atoms with Crippen molar-refractivity contribution in [3.8, 4) is 0 Å². The maximum absolute atomic E-state index is 11.9. The summed E-state index contributed by atoms with van der Waals surface area (Å²) in [5.41, 5.74) is 1.08. The van der Waals surface area contributed by atoms with Gasteiger partial charge in [-0.25, -0.2) is 0 Å². The van der Waals surface area contributed by atoms with Crippen LogP contribution < -0.4 is 10.6 Å². The Kier molecular flexibility index (Phi) is 5.39. The monoisotopic (exact) mass is 306 g/mol. The van der Waals surface area contributed by atoms with Gasteiger partial charge in [-0.1, -0.05) is 29.8 Å². The van der Waals surface area contributed by atoms with E-state index in [2.05, 4.69) is 17.2 Å². The van der Waals surface area contributed by atoms with Crippen molar-refractivity contribution >= 4 is 23.4 Å². The Hall–Kier alpha value is -1.81. The van der Waals surface area contributed by atoms with E-state index in [-0.39, 0.29) is 23.7 Å². The molecule has 0 saturated heterocycles. The Bertz CT molecular complexity index is 545. The number of carbonyl (C=O) groups is 2. The van der Waals surface area contributed by atoms with Crippen LogP contribution in [-0.2, 0) is 16.0 Å². The van der Waals surface area contributed by atoms with Gasteiger partial charge < -0.3 is 10.6 Å². The quantitative estimate of drug-likeness (QED) is 0.756. The van der Waals surface area contributed by atoms with E-state index in [4.69, 9.17) is 11.6 Å². The molecule has 2 atom stereocenters. The zero-order valence-electron chi connectivity index (χ0n) is 11.8. The third-order valence-corrected chi connectivity index (χ3v) is 3.72. The molecule has 1 aliphatic carbocycles. The molecule has 0 spiro atoms. The van der Waals surface area contributed by atoms with Crippen LogP contribution in [0.1, 0.15) is 12.0 Å². The first-order chi connectivity index (χ1) is 10.1. The fourth-order valence-corrected chi connectivity index (χ4v) is 2.44. The van der Waals surface area contributed by atoms with Crippen LogP contribution in [0.4, 0.5) is 0 Å². The Morgan fingerprint density at radius 3 is 2.67 bits per heavy atom. The van der Waals surface area contributed by atoms with Gasteiger partial charge in [0, 0.05) is 18.1 Å². The van der Waals surface area contributed by atoms with Gasteiger partial charge in [0.2, 0.25) is 11.8 Å². The van der Waals surface area contributed by atoms with Gasteiger partial charge in [-0.15, -0.1) is 6.58 Å². The van der Waals surface area contributed by atoms with Crippen LogP contribution in [0.2, 0.25) is 5.02 Å². The fourth-order valence-electron chi connectivity index (χ4n) is 2.23. The van der Waals surface area contributed by atoms with Crippen molar-refractivity contribution in [1.82, 2.24) is 10.6 Å². The van der Waals surface area contributed by atoms with Crippen LogP contribution >= 0.6 is 11.6 Å². The summed E-state index contributed by atoms with van der Waals surface area (Å²) >= 11 is 5.90. The SMILES string of the molecule is C=CCNC(=O)C1CC1C(=O)NCCc1cccc(Cl)c1. The van der Waals surface area contributed by atoms with E-state index in [1.807, 2.05) is 24.3 Å². The second kappa shape index (κ2) is 7.27. The van der Waals surface area contributed by atoms with Gasteiger partial charge >= 0.3 is 0 Å². The van der Waals surface area contributed by atoms with Crippen LogP contribution in [0, 0.1) is 11.8 Å². The first-order valence-corrected chi connectivity index (χ1v) is 7.40. The number of rotatable bonds is 7. The van der Waals surface area contributed by atoms with Crippen LogP contribution in [0.5, 0.6) is 0 Å². The number of hydrogen-bond acceptors (Lipinski definition) is 2. The summed E-state index contributed by atoms with van der Waals surface area (Å²) in [5, 5.41) is 6.28. The maximum Gasteiger partial charge on any atom is 0.224 e. The lowest BCUT2D eigenvalue weighted by Gasteiger charge is -2.06. The van der Waals surface area contributed by atoms with Crippen molar-refractivity contribution in [1.29, 1.82) is 0 Å². The molecule has 2 rings (SSSR count). The highest BCUT2D eigenvalue weighted by atomic mass is 35.5. The predicted molar refractivity (Wildman–Crippen MR) is 83.0 cm³/mol. The van der Waals surface area contributed by atoms with Gasteiger partial charge in [-0.2, -0.15) is 0 Å². The second-order valence-corrected chi connectivity index (χ2v) is 5.59. The topological polar surface area (TPSA) is 58.2 Å². The van der Waals surface area contributed by atoms with Gasteiger partial charge in [-0.3, -0.25) is 9.59 Å². The first-order valence-electron chi connectivity index (χ1n) is 7.02. The minimum Gasteiger partial charge on any atom is -0.356 e. The molecule has 2 N–H and O–H groups in total. The third-order valence-electron chi connectivity index (χ3n) is 3.49. The summed E-state index contributed by atoms with van der Waals surface area (Å²) in [5.74, 6) is -0.481. The molecule has 112 valence electrons. The lowest BCUT2D eigenvalue weighted by Crippen LogP contribution is -2.31. The highest BCUT2D eigenvalue weighted by molar-refractivity contribution is 6.30. The standard InChI is InChI=1S/C16H19ClN2O2/c1-2-7-18-15(20)13-10-14(13)16(21)19-8-6-11-4-3-5-12(17)9-11/h2-5,9,13-14H,1,6-8,10H2,(H,18,20)(H,19,21). The highest BCUT2D eigenvalue weighted by Crippen LogP contribution is 2.38. The molecule has 1 saturated carbocycles. The van der Waals surface area contributed by atoms with E-state index in [9.17, 15) is 9.59 Å². The summed E-state index contributed by atoms with van der Waals surface area (Å²) in [6, 6.07) is 7.57. The van der Waals surface area contributed by atoms with Gasteiger partial charge in [0.15, 0.2) is 0 Å². The largest absolute Gasteiger partial charge is 0.356 e. The van der Waals surface area contributed by atoms with Crippen LogP contribution in [0.25, 0.3) is 0 Å². The number of halogens is 1. The minimum absolute atomic E-state index is 0.0456. The molecule has 2 unspecified atom stereocenters. The Morgan fingerprint density at radius 1 is 1.29 bits per heavy atom. The smallest absolute Gasteiger partial charge is 0.224 e. The Morgan fingerprint density at radius 2 is 2.00 bits per heavy atom. The zero-order chi connectivity index (χ0) is 15.2. The normalized spacial score (nSPS) is 19.7. The lowest BCUT2D eigenvalue weighted by molar-refractivity contribution is -0.127. The van der Waals surface area contributed by atoms with Gasteiger partial charge in [-0.05, 0) is 30.5 Å². The van der Waals surface area contributed by atoms with Crippen LogP contribution in [0.15, 0.2) is 36.9 Å². The fraction of sp³-hybridized carbons (Fsp3) is 0.375. The van der Waals surface area contributed by atoms with Crippen molar-refractivity contribution < 1.29 is 9.59 Å². The van der Waals surface area contributed by atoms with E-state index in [1.165, 1.54) is 0 Å². The van der Waals surface area contributed by atoms with Gasteiger partial charge in [0.05, 0.1) is 11.8 Å². The minimum atomic E-state index is -0.186. The molecule has 0 radical (unpaired) electrons. The molecule has 1 aromatic rings. The molecular formula is C16H19ClN2O2. The number of amides is 2. The Labute approximate surface area is 129 Å². The predicted octanol–water partition coefficient (Wildman–Crippen LogP) is 1.94. The van der Waals surface area contributed by atoms with Crippen molar-refractivity contribution in [3.05, 3.63) is 47.5 Å². The molecule has 2 amide bonds. The van der Waals surface area contributed by atoms with Crippen LogP contribution in [0.3, 0.4) is 0 Å². The van der Waals surface area contributed by atoms with E-state index >= 15 is 0 Å². The zero-order valence-corrected chi connectivity index (χ0v) is 12.5. The van der Waals surface area contributed by atoms with Crippen molar-refractivity contribution in [3.63, 3.8) is 0 Å². The van der Waals surface area contributed by atoms with Crippen molar-refractivity contribution in [2.24, 2.45) is 11.8 Å². The highest BCUT2D eigenvalue weighted by Gasteiger charge is 2.47. The lowest BCUT2D eigenvalue weighted by atomic mass is 10.1. The molecule has 0 heterocycles. The third kappa shape index (κ3) is 4.60. The van der Waals surface area contributed by atoms with E-state index in [1.54, 1.807) is 6.08 Å². The Balaban J connectivity index is 1.69. The van der Waals surface area contributed by atoms with Crippen LogP contribution in [-0.4, -0.2) is 24.9 Å². The molecule has 5 heteroatoms. The van der Waals surface area contributed by atoms with Crippen molar-refractivity contribution in [2.75, 3.05) is 13.1 Å². The molecule has 4 nitrogen and oxygen atoms in total. The van der Waals surface area contributed by atoms with Gasteiger partial charge in [0.25, 0.3) is 0 Å². The molecule has 0 bridgehead atoms. The number of benzene rings is 1. The van der Waals surface area contributed by atoms with Crippen molar-refractivity contribution in [2.45, 2.75) is 12.8 Å². The molecule has 1 aromatic carbocycles. The molecule has 0 aliphatic heterocycles. The molecule has 21 heavy (non-hydrogen) atoms. The molecule has 1 fully saturated rings. The van der Waals surface area contributed by atoms with E-state index in [0.717, 1.165) is 12.0 Å². The summed E-state index contributed by atoms with van der Waals surface area (Å²) in [4.78, 5) is 23.6. The summed E-state index contributed by atoms with van der Waals surface area (Å²) in [6.07, 6.45) is 2.98. The molecular weight excluding hydrogens is 288 g/mol. The average Bonchev–Trinajstić information content (AvgIpc) is 3.25.